The molecule has 0 aliphatic heterocycles. The predicted octanol–water partition coefficient (Wildman–Crippen LogP) is 2.10. The normalized spacial score (nSPS) is 10.4. The van der Waals surface area contributed by atoms with Gasteiger partial charge in [0.15, 0.2) is 5.76 Å². The van der Waals surface area contributed by atoms with E-state index in [1.165, 1.54) is 0 Å². The van der Waals surface area contributed by atoms with Crippen LogP contribution in [0.3, 0.4) is 0 Å². The molecular formula is C11H11NO2. The predicted molar refractivity (Wildman–Crippen MR) is 54.3 cm³/mol. The van der Waals surface area contributed by atoms with E-state index in [9.17, 15) is 4.79 Å². The quantitative estimate of drug-likeness (QED) is 0.746. The second-order valence-electron chi connectivity index (χ2n) is 3.18. The van der Waals surface area contributed by atoms with Crippen LogP contribution < -0.4 is 5.32 Å². The lowest BCUT2D eigenvalue weighted by Crippen LogP contribution is -2.16. The largest absolute Gasteiger partial charge is 0.451 e. The fraction of sp³-hybridized carbons (Fsp3) is 0.182. The maximum Gasteiger partial charge on any atom is 0.286 e. The fourth-order valence-electron chi connectivity index (χ4n) is 1.44. The Balaban J connectivity index is 2.62. The number of para-hydroxylation sites is 1. The van der Waals surface area contributed by atoms with Crippen LogP contribution in [-0.2, 0) is 0 Å². The van der Waals surface area contributed by atoms with Crippen LogP contribution in [0.5, 0.6) is 0 Å². The lowest BCUT2D eigenvalue weighted by atomic mass is 10.2. The number of carbonyl (C=O) groups is 1. The first kappa shape index (κ1) is 8.81. The van der Waals surface area contributed by atoms with Gasteiger partial charge in [-0.3, -0.25) is 4.79 Å². The van der Waals surface area contributed by atoms with Gasteiger partial charge in [0.2, 0.25) is 0 Å². The van der Waals surface area contributed by atoms with E-state index in [-0.39, 0.29) is 5.91 Å². The lowest BCUT2D eigenvalue weighted by molar-refractivity contribution is 0.0938. The van der Waals surface area contributed by atoms with Crippen LogP contribution in [0.25, 0.3) is 11.0 Å². The van der Waals surface area contributed by atoms with Gasteiger partial charge in [0, 0.05) is 12.4 Å². The first-order chi connectivity index (χ1) is 6.72. The Labute approximate surface area is 81.7 Å². The molecule has 0 bridgehead atoms. The van der Waals surface area contributed by atoms with Crippen LogP contribution in [0, 0.1) is 6.92 Å². The number of carbonyl (C=O) groups excluding carboxylic acids is 1. The SMILES string of the molecule is CNC(=O)c1cc2cccc(C)c2o1. The van der Waals surface area contributed by atoms with E-state index in [1.54, 1.807) is 13.1 Å². The highest BCUT2D eigenvalue weighted by Crippen LogP contribution is 2.22. The standard InChI is InChI=1S/C11H11NO2/c1-7-4-3-5-8-6-9(11(13)12-2)14-10(7)8/h3-6H,1-2H3,(H,12,13). The molecule has 2 rings (SSSR count). The van der Waals surface area contributed by atoms with E-state index >= 15 is 0 Å². The molecule has 2 aromatic rings. The zero-order valence-electron chi connectivity index (χ0n) is 8.13. The van der Waals surface area contributed by atoms with Crippen LogP contribution in [0.2, 0.25) is 0 Å². The average Bonchev–Trinajstić information content (AvgIpc) is 2.62. The van der Waals surface area contributed by atoms with E-state index < -0.39 is 0 Å². The van der Waals surface area contributed by atoms with Gasteiger partial charge in [0.1, 0.15) is 5.58 Å². The summed E-state index contributed by atoms with van der Waals surface area (Å²) in [4.78, 5) is 11.3. The van der Waals surface area contributed by atoms with E-state index in [4.69, 9.17) is 4.42 Å². The summed E-state index contributed by atoms with van der Waals surface area (Å²) in [6.07, 6.45) is 0. The second-order valence-corrected chi connectivity index (χ2v) is 3.18. The molecule has 1 aromatic heterocycles. The molecule has 0 aliphatic carbocycles. The van der Waals surface area contributed by atoms with Gasteiger partial charge in [-0.25, -0.2) is 0 Å². The molecule has 0 aliphatic rings. The summed E-state index contributed by atoms with van der Waals surface area (Å²) in [6, 6.07) is 7.58. The van der Waals surface area contributed by atoms with E-state index in [0.717, 1.165) is 16.5 Å². The van der Waals surface area contributed by atoms with Gasteiger partial charge in [-0.2, -0.15) is 0 Å². The maximum absolute atomic E-state index is 11.3. The average molecular weight is 189 g/mol. The molecule has 0 unspecified atom stereocenters. The van der Waals surface area contributed by atoms with Crippen LogP contribution in [-0.4, -0.2) is 13.0 Å². The molecule has 0 saturated carbocycles. The van der Waals surface area contributed by atoms with Gasteiger partial charge in [0.25, 0.3) is 5.91 Å². The third kappa shape index (κ3) is 1.27. The van der Waals surface area contributed by atoms with Gasteiger partial charge in [0.05, 0.1) is 0 Å². The van der Waals surface area contributed by atoms with Gasteiger partial charge < -0.3 is 9.73 Å². The number of furan rings is 1. The minimum Gasteiger partial charge on any atom is -0.451 e. The molecule has 0 atom stereocenters. The Morgan fingerprint density at radius 1 is 1.43 bits per heavy atom. The van der Waals surface area contributed by atoms with Crippen molar-refractivity contribution < 1.29 is 9.21 Å². The molecule has 0 spiro atoms. The van der Waals surface area contributed by atoms with Crippen molar-refractivity contribution in [2.75, 3.05) is 7.05 Å². The highest BCUT2D eigenvalue weighted by molar-refractivity contribution is 5.96. The number of fused-ring (bicyclic) bond motifs is 1. The molecular weight excluding hydrogens is 178 g/mol. The number of rotatable bonds is 1. The highest BCUT2D eigenvalue weighted by Gasteiger charge is 2.10. The van der Waals surface area contributed by atoms with Gasteiger partial charge in [-0.05, 0) is 18.6 Å². The molecule has 1 amide bonds. The number of benzene rings is 1. The van der Waals surface area contributed by atoms with Gasteiger partial charge >= 0.3 is 0 Å². The Morgan fingerprint density at radius 3 is 2.86 bits per heavy atom. The Bertz CT molecular complexity index is 485. The minimum atomic E-state index is -0.194. The van der Waals surface area contributed by atoms with Crippen molar-refractivity contribution in [3.05, 3.63) is 35.6 Å². The molecule has 3 nitrogen and oxygen atoms in total. The summed E-state index contributed by atoms with van der Waals surface area (Å²) >= 11 is 0. The Kier molecular flexibility index (Phi) is 2.00. The van der Waals surface area contributed by atoms with Crippen LogP contribution in [0.15, 0.2) is 28.7 Å². The third-order valence-electron chi connectivity index (χ3n) is 2.19. The summed E-state index contributed by atoms with van der Waals surface area (Å²) in [6.45, 7) is 1.96. The van der Waals surface area contributed by atoms with Crippen LogP contribution in [0.1, 0.15) is 16.1 Å². The number of aryl methyl sites for hydroxylation is 1. The molecule has 0 radical (unpaired) electrons. The van der Waals surface area contributed by atoms with Crippen molar-refractivity contribution in [2.45, 2.75) is 6.92 Å². The number of hydrogen-bond donors (Lipinski definition) is 1. The fourth-order valence-corrected chi connectivity index (χ4v) is 1.44. The molecule has 1 aromatic carbocycles. The summed E-state index contributed by atoms with van der Waals surface area (Å²) in [5.74, 6) is 0.164. The van der Waals surface area contributed by atoms with Crippen LogP contribution >= 0.6 is 0 Å². The van der Waals surface area contributed by atoms with Crippen LogP contribution in [0.4, 0.5) is 0 Å². The number of nitrogens with one attached hydrogen (secondary N) is 1. The smallest absolute Gasteiger partial charge is 0.286 e. The summed E-state index contributed by atoms with van der Waals surface area (Å²) in [5, 5.41) is 3.49. The second kappa shape index (κ2) is 3.18. The molecule has 1 N–H and O–H groups in total. The van der Waals surface area contributed by atoms with E-state index in [2.05, 4.69) is 5.32 Å². The van der Waals surface area contributed by atoms with Crippen molar-refractivity contribution in [3.8, 4) is 0 Å². The monoisotopic (exact) mass is 189 g/mol. The first-order valence-electron chi connectivity index (χ1n) is 4.43. The molecule has 14 heavy (non-hydrogen) atoms. The van der Waals surface area contributed by atoms with Crippen molar-refractivity contribution in [3.63, 3.8) is 0 Å². The minimum absolute atomic E-state index is 0.194. The lowest BCUT2D eigenvalue weighted by Gasteiger charge is -1.93. The highest BCUT2D eigenvalue weighted by atomic mass is 16.3. The van der Waals surface area contributed by atoms with Crippen molar-refractivity contribution in [1.82, 2.24) is 5.32 Å². The molecule has 0 fully saturated rings. The van der Waals surface area contributed by atoms with E-state index in [1.807, 2.05) is 25.1 Å². The Morgan fingerprint density at radius 2 is 2.21 bits per heavy atom. The molecule has 1 heterocycles. The van der Waals surface area contributed by atoms with Gasteiger partial charge in [-0.1, -0.05) is 18.2 Å². The van der Waals surface area contributed by atoms with E-state index in [0.29, 0.717) is 5.76 Å². The van der Waals surface area contributed by atoms with Crippen molar-refractivity contribution >= 4 is 16.9 Å². The zero-order chi connectivity index (χ0) is 10.1. The molecule has 72 valence electrons. The molecule has 3 heteroatoms. The third-order valence-corrected chi connectivity index (χ3v) is 2.19. The van der Waals surface area contributed by atoms with Crippen molar-refractivity contribution in [1.29, 1.82) is 0 Å². The summed E-state index contributed by atoms with van der Waals surface area (Å²) < 4.78 is 5.44. The Hall–Kier alpha value is -1.77. The summed E-state index contributed by atoms with van der Waals surface area (Å²) in [7, 11) is 1.59. The van der Waals surface area contributed by atoms with Crippen molar-refractivity contribution in [2.24, 2.45) is 0 Å². The molecule has 0 saturated heterocycles. The number of hydrogen-bond acceptors (Lipinski definition) is 2. The number of amides is 1. The topological polar surface area (TPSA) is 42.2 Å². The first-order valence-corrected chi connectivity index (χ1v) is 4.43. The zero-order valence-corrected chi connectivity index (χ0v) is 8.13. The van der Waals surface area contributed by atoms with Gasteiger partial charge in [-0.15, -0.1) is 0 Å². The summed E-state index contributed by atoms with van der Waals surface area (Å²) in [5.41, 5.74) is 1.82. The maximum atomic E-state index is 11.3.